The number of hydrogen-bond acceptors (Lipinski definition) is 4. The van der Waals surface area contributed by atoms with Crippen LogP contribution in [0.15, 0.2) is 54.6 Å². The molecule has 22 heavy (non-hydrogen) atoms. The third-order valence-electron chi connectivity index (χ3n) is 3.06. The maximum Gasteiger partial charge on any atom is 0.326 e. The van der Waals surface area contributed by atoms with Gasteiger partial charge in [0.25, 0.3) is 0 Å². The molecule has 0 radical (unpaired) electrons. The van der Waals surface area contributed by atoms with Gasteiger partial charge < -0.3 is 4.74 Å². The molecule has 0 spiro atoms. The maximum absolute atomic E-state index is 12.5. The molecule has 0 amide bonds. The Balaban J connectivity index is 2.87. The van der Waals surface area contributed by atoms with Crippen LogP contribution in [0.5, 0.6) is 0 Å². The second-order valence-corrected chi connectivity index (χ2v) is 6.60. The first-order valence-electron chi connectivity index (χ1n) is 7.16. The normalized spacial score (nSPS) is 14.0. The molecule has 0 heterocycles. The second-order valence-electron chi connectivity index (χ2n) is 5.09. The lowest BCUT2D eigenvalue weighted by Gasteiger charge is -2.23. The Morgan fingerprint density at radius 3 is 2.50 bits per heavy atom. The average Bonchev–Trinajstić information content (AvgIpc) is 2.53. The number of benzene rings is 1. The summed E-state index contributed by atoms with van der Waals surface area (Å²) in [6.07, 6.45) is 3.75. The average molecular weight is 318 g/mol. The Morgan fingerprint density at radius 2 is 1.95 bits per heavy atom. The van der Waals surface area contributed by atoms with Crippen LogP contribution in [0, 0.1) is 0 Å². The molecule has 1 aromatic carbocycles. The highest BCUT2D eigenvalue weighted by molar-refractivity contribution is 8.15. The van der Waals surface area contributed by atoms with Crippen molar-refractivity contribution in [2.45, 2.75) is 38.5 Å². The van der Waals surface area contributed by atoms with E-state index in [-0.39, 0.29) is 11.7 Å². The first kappa shape index (κ1) is 18.2. The van der Waals surface area contributed by atoms with Crippen molar-refractivity contribution in [3.63, 3.8) is 0 Å². The Kier molecular flexibility index (Phi) is 7.12. The lowest BCUT2D eigenvalue weighted by atomic mass is 10.1. The van der Waals surface area contributed by atoms with E-state index in [1.165, 1.54) is 0 Å². The number of allylic oxidation sites excluding steroid dienone is 2. The Labute approximate surface area is 136 Å². The van der Waals surface area contributed by atoms with Crippen molar-refractivity contribution in [2.24, 2.45) is 0 Å². The second kappa shape index (κ2) is 8.59. The zero-order chi connectivity index (χ0) is 16.6. The van der Waals surface area contributed by atoms with Gasteiger partial charge in [0.15, 0.2) is 5.12 Å². The van der Waals surface area contributed by atoms with E-state index in [9.17, 15) is 9.59 Å². The van der Waals surface area contributed by atoms with Crippen LogP contribution in [-0.4, -0.2) is 15.8 Å². The monoisotopic (exact) mass is 318 g/mol. The van der Waals surface area contributed by atoms with Crippen LogP contribution in [0.3, 0.4) is 0 Å². The molecule has 3 nitrogen and oxygen atoms in total. The van der Waals surface area contributed by atoms with Gasteiger partial charge >= 0.3 is 5.97 Å². The molecular weight excluding hydrogens is 296 g/mol. The predicted octanol–water partition coefficient (Wildman–Crippen LogP) is 4.29. The van der Waals surface area contributed by atoms with Crippen LogP contribution < -0.4 is 0 Å². The minimum absolute atomic E-state index is 0.0488. The molecule has 0 fully saturated rings. The fourth-order valence-electron chi connectivity index (χ4n) is 1.80. The van der Waals surface area contributed by atoms with Crippen LogP contribution in [0.2, 0.25) is 0 Å². The number of esters is 1. The summed E-state index contributed by atoms with van der Waals surface area (Å²) in [5.74, 6) is -0.427. The molecule has 0 aliphatic heterocycles. The van der Waals surface area contributed by atoms with Gasteiger partial charge in [-0.1, -0.05) is 73.3 Å². The topological polar surface area (TPSA) is 43.4 Å². The van der Waals surface area contributed by atoms with Gasteiger partial charge in [0.05, 0.1) is 0 Å². The molecule has 0 saturated heterocycles. The molecule has 0 aromatic heterocycles. The van der Waals surface area contributed by atoms with E-state index in [4.69, 9.17) is 4.74 Å². The summed E-state index contributed by atoms with van der Waals surface area (Å²) in [4.78, 5) is 24.2. The first-order chi connectivity index (χ1) is 10.4. The molecule has 1 atom stereocenters. The van der Waals surface area contributed by atoms with E-state index >= 15 is 0 Å². The molecule has 0 aliphatic carbocycles. The van der Waals surface area contributed by atoms with Crippen molar-refractivity contribution < 1.29 is 14.3 Å². The largest absolute Gasteiger partial charge is 0.460 e. The quantitative estimate of drug-likeness (QED) is 0.555. The zero-order valence-corrected chi connectivity index (χ0v) is 14.1. The highest BCUT2D eigenvalue weighted by Gasteiger charge is 2.35. The number of rotatable bonds is 7. The summed E-state index contributed by atoms with van der Waals surface area (Å²) in [5.41, 5.74) is 1.74. The van der Waals surface area contributed by atoms with E-state index in [0.717, 1.165) is 22.9 Å². The van der Waals surface area contributed by atoms with Gasteiger partial charge in [-0.15, -0.1) is 0 Å². The Morgan fingerprint density at radius 1 is 1.32 bits per heavy atom. The van der Waals surface area contributed by atoms with E-state index in [1.54, 1.807) is 26.0 Å². The summed E-state index contributed by atoms with van der Waals surface area (Å²) in [7, 11) is 0. The van der Waals surface area contributed by atoms with Crippen molar-refractivity contribution in [2.75, 3.05) is 0 Å². The Bertz CT molecular complexity index is 563. The lowest BCUT2D eigenvalue weighted by Crippen LogP contribution is -2.33. The van der Waals surface area contributed by atoms with Crippen LogP contribution >= 0.6 is 11.8 Å². The highest BCUT2D eigenvalue weighted by Crippen LogP contribution is 2.31. The molecular formula is C18H22O3S. The minimum Gasteiger partial charge on any atom is -0.460 e. The van der Waals surface area contributed by atoms with Crippen LogP contribution in [0.4, 0.5) is 0 Å². The summed E-state index contributed by atoms with van der Waals surface area (Å²) in [5, 5.41) is -0.0488. The molecule has 1 rings (SSSR count). The van der Waals surface area contributed by atoms with Crippen LogP contribution in [0.25, 0.3) is 0 Å². The van der Waals surface area contributed by atoms with Crippen molar-refractivity contribution in [1.82, 2.24) is 0 Å². The summed E-state index contributed by atoms with van der Waals surface area (Å²) in [6, 6.07) is 9.46. The number of ether oxygens (including phenoxy) is 1. The van der Waals surface area contributed by atoms with E-state index in [2.05, 4.69) is 6.58 Å². The third kappa shape index (κ3) is 5.53. The standard InChI is InChI=1S/C18H22O3S/c1-5-14(3)12-18(4,22-16(19)6-2)17(20)21-13-15-10-8-7-9-11-15/h5,7-12H,1,6,13H2,2-4H3/b14-12+. The molecule has 4 heteroatoms. The maximum atomic E-state index is 12.5. The van der Waals surface area contributed by atoms with Gasteiger partial charge in [-0.05, 0) is 19.4 Å². The smallest absolute Gasteiger partial charge is 0.326 e. The number of carbonyl (C=O) groups is 2. The van der Waals surface area contributed by atoms with Gasteiger partial charge in [-0.25, -0.2) is 0 Å². The van der Waals surface area contributed by atoms with E-state index in [1.807, 2.05) is 37.3 Å². The van der Waals surface area contributed by atoms with Gasteiger partial charge in [-0.2, -0.15) is 0 Å². The number of carbonyl (C=O) groups excluding carboxylic acids is 2. The molecule has 0 N–H and O–H groups in total. The predicted molar refractivity (Wildman–Crippen MR) is 91.5 cm³/mol. The highest BCUT2D eigenvalue weighted by atomic mass is 32.2. The lowest BCUT2D eigenvalue weighted by molar-refractivity contribution is -0.146. The fourth-order valence-corrected chi connectivity index (χ4v) is 2.80. The van der Waals surface area contributed by atoms with Crippen molar-refractivity contribution in [3.05, 3.63) is 60.2 Å². The van der Waals surface area contributed by atoms with Crippen molar-refractivity contribution in [1.29, 1.82) is 0 Å². The zero-order valence-electron chi connectivity index (χ0n) is 13.3. The Hall–Kier alpha value is -1.81. The molecule has 0 saturated carbocycles. The molecule has 118 valence electrons. The van der Waals surface area contributed by atoms with Crippen LogP contribution in [0.1, 0.15) is 32.8 Å². The molecule has 0 bridgehead atoms. The number of thioether (sulfide) groups is 1. The molecule has 1 aromatic rings. The summed E-state index contributed by atoms with van der Waals surface area (Å²) >= 11 is 0.996. The third-order valence-corrected chi connectivity index (χ3v) is 4.28. The van der Waals surface area contributed by atoms with Crippen molar-refractivity contribution in [3.8, 4) is 0 Å². The first-order valence-corrected chi connectivity index (χ1v) is 7.97. The van der Waals surface area contributed by atoms with E-state index < -0.39 is 10.7 Å². The molecule has 0 aliphatic rings. The van der Waals surface area contributed by atoms with Crippen molar-refractivity contribution >= 4 is 22.8 Å². The summed E-state index contributed by atoms with van der Waals surface area (Å²) < 4.78 is 4.35. The van der Waals surface area contributed by atoms with Gasteiger partial charge in [0.2, 0.25) is 0 Å². The van der Waals surface area contributed by atoms with Gasteiger partial charge in [0, 0.05) is 6.42 Å². The minimum atomic E-state index is -1.04. The van der Waals surface area contributed by atoms with Gasteiger partial charge in [-0.3, -0.25) is 9.59 Å². The summed E-state index contributed by atoms with van der Waals surface area (Å²) in [6.45, 7) is 9.19. The number of hydrogen-bond donors (Lipinski definition) is 0. The van der Waals surface area contributed by atoms with Crippen LogP contribution in [-0.2, 0) is 20.9 Å². The van der Waals surface area contributed by atoms with Gasteiger partial charge in [0.1, 0.15) is 11.4 Å². The SMILES string of the molecule is C=C/C(C)=C/C(C)(SC(=O)CC)C(=O)OCc1ccccc1. The molecule has 1 unspecified atom stereocenters. The van der Waals surface area contributed by atoms with E-state index in [0.29, 0.717) is 6.42 Å². The fraction of sp³-hybridized carbons (Fsp3) is 0.333.